The van der Waals surface area contributed by atoms with Crippen LogP contribution in [0.2, 0.25) is 0 Å². The van der Waals surface area contributed by atoms with Crippen molar-refractivity contribution in [1.82, 2.24) is 5.32 Å². The van der Waals surface area contributed by atoms with Crippen molar-refractivity contribution in [3.05, 3.63) is 53.6 Å². The lowest BCUT2D eigenvalue weighted by atomic mass is 10.1. The first-order chi connectivity index (χ1) is 11.1. The predicted octanol–water partition coefficient (Wildman–Crippen LogP) is 3.92. The molecule has 5 heteroatoms. The summed E-state index contributed by atoms with van der Waals surface area (Å²) in [6, 6.07) is 12.9. The topological polar surface area (TPSA) is 47.6 Å². The predicted molar refractivity (Wildman–Crippen MR) is 93.7 cm³/mol. The fraction of sp³-hybridized carbons (Fsp3) is 0.278. The standard InChI is InChI=1S/C18H21NO3S/c1-12(16-11-14(21-2)7-10-17(16)22-3)19-18(20)13-5-8-15(23-4)9-6-13/h5-12H,1-4H3,(H,19,20)/t12-/m1/s1. The normalized spacial score (nSPS) is 11.7. The summed E-state index contributed by atoms with van der Waals surface area (Å²) in [4.78, 5) is 13.5. The Labute approximate surface area is 141 Å². The average Bonchev–Trinajstić information content (AvgIpc) is 2.61. The van der Waals surface area contributed by atoms with E-state index in [-0.39, 0.29) is 11.9 Å². The molecule has 1 N–H and O–H groups in total. The highest BCUT2D eigenvalue weighted by molar-refractivity contribution is 7.98. The molecule has 2 rings (SSSR count). The molecule has 0 saturated carbocycles. The number of benzene rings is 2. The summed E-state index contributed by atoms with van der Waals surface area (Å²) in [6.07, 6.45) is 2.01. The number of hydrogen-bond acceptors (Lipinski definition) is 4. The molecule has 0 aliphatic carbocycles. The van der Waals surface area contributed by atoms with Gasteiger partial charge in [0.05, 0.1) is 20.3 Å². The van der Waals surface area contributed by atoms with Crippen molar-refractivity contribution in [3.8, 4) is 11.5 Å². The van der Waals surface area contributed by atoms with Gasteiger partial charge in [0.25, 0.3) is 5.91 Å². The zero-order valence-corrected chi connectivity index (χ0v) is 14.6. The zero-order valence-electron chi connectivity index (χ0n) is 13.8. The Morgan fingerprint density at radius 3 is 2.35 bits per heavy atom. The molecule has 1 atom stereocenters. The van der Waals surface area contributed by atoms with E-state index >= 15 is 0 Å². The minimum Gasteiger partial charge on any atom is -0.497 e. The third-order valence-corrected chi connectivity index (χ3v) is 4.35. The number of nitrogens with one attached hydrogen (secondary N) is 1. The van der Waals surface area contributed by atoms with E-state index in [1.54, 1.807) is 26.0 Å². The van der Waals surface area contributed by atoms with Crippen LogP contribution in [0.1, 0.15) is 28.9 Å². The fourth-order valence-electron chi connectivity index (χ4n) is 2.28. The Balaban J connectivity index is 2.17. The lowest BCUT2D eigenvalue weighted by molar-refractivity contribution is 0.0939. The van der Waals surface area contributed by atoms with Gasteiger partial charge in [-0.25, -0.2) is 0 Å². The maximum atomic E-state index is 12.4. The Bertz CT molecular complexity index is 670. The molecule has 0 aliphatic rings. The van der Waals surface area contributed by atoms with Gasteiger partial charge in [0.2, 0.25) is 0 Å². The van der Waals surface area contributed by atoms with Gasteiger partial charge in [-0.1, -0.05) is 0 Å². The number of amides is 1. The summed E-state index contributed by atoms with van der Waals surface area (Å²) in [5.74, 6) is 1.33. The van der Waals surface area contributed by atoms with Gasteiger partial charge in [0.1, 0.15) is 11.5 Å². The molecule has 0 fully saturated rings. The molecule has 2 aromatic rings. The largest absolute Gasteiger partial charge is 0.497 e. The van der Waals surface area contributed by atoms with E-state index in [1.165, 1.54) is 0 Å². The second-order valence-electron chi connectivity index (χ2n) is 5.03. The number of carbonyl (C=O) groups is 1. The number of methoxy groups -OCH3 is 2. The smallest absolute Gasteiger partial charge is 0.251 e. The molecule has 0 aliphatic heterocycles. The van der Waals surface area contributed by atoms with Gasteiger partial charge >= 0.3 is 0 Å². The lowest BCUT2D eigenvalue weighted by Gasteiger charge is -2.18. The van der Waals surface area contributed by atoms with E-state index < -0.39 is 0 Å². The van der Waals surface area contributed by atoms with E-state index in [9.17, 15) is 4.79 Å². The van der Waals surface area contributed by atoms with E-state index in [0.29, 0.717) is 5.56 Å². The SMILES string of the molecule is COc1ccc(OC)c([C@@H](C)NC(=O)c2ccc(SC)cc2)c1. The van der Waals surface area contributed by atoms with Gasteiger partial charge in [-0.05, 0) is 55.6 Å². The summed E-state index contributed by atoms with van der Waals surface area (Å²) in [5.41, 5.74) is 1.51. The van der Waals surface area contributed by atoms with Crippen molar-refractivity contribution in [1.29, 1.82) is 0 Å². The minimum atomic E-state index is -0.201. The van der Waals surface area contributed by atoms with Crippen LogP contribution in [0.3, 0.4) is 0 Å². The van der Waals surface area contributed by atoms with E-state index in [1.807, 2.05) is 55.6 Å². The Morgan fingerprint density at radius 1 is 1.09 bits per heavy atom. The first-order valence-corrected chi connectivity index (χ1v) is 8.48. The van der Waals surface area contributed by atoms with Gasteiger partial charge in [-0.3, -0.25) is 4.79 Å². The van der Waals surface area contributed by atoms with Gasteiger partial charge in [0.15, 0.2) is 0 Å². The van der Waals surface area contributed by atoms with Crippen LogP contribution < -0.4 is 14.8 Å². The van der Waals surface area contributed by atoms with Crippen molar-refractivity contribution in [3.63, 3.8) is 0 Å². The van der Waals surface area contributed by atoms with Crippen LogP contribution in [-0.2, 0) is 0 Å². The Morgan fingerprint density at radius 2 is 1.78 bits per heavy atom. The van der Waals surface area contributed by atoms with Crippen molar-refractivity contribution >= 4 is 17.7 Å². The number of ether oxygens (including phenoxy) is 2. The van der Waals surface area contributed by atoms with Crippen LogP contribution >= 0.6 is 11.8 Å². The summed E-state index contributed by atoms with van der Waals surface area (Å²) in [6.45, 7) is 1.92. The fourth-order valence-corrected chi connectivity index (χ4v) is 2.69. The third kappa shape index (κ3) is 4.20. The Kier molecular flexibility index (Phi) is 5.93. The quantitative estimate of drug-likeness (QED) is 0.815. The summed E-state index contributed by atoms with van der Waals surface area (Å²) in [7, 11) is 3.23. The Hall–Kier alpha value is -2.14. The van der Waals surface area contributed by atoms with Crippen LogP contribution in [0.4, 0.5) is 0 Å². The second kappa shape index (κ2) is 7.92. The molecule has 2 aromatic carbocycles. The van der Waals surface area contributed by atoms with Crippen molar-refractivity contribution in [2.75, 3.05) is 20.5 Å². The highest BCUT2D eigenvalue weighted by atomic mass is 32.2. The lowest BCUT2D eigenvalue weighted by Crippen LogP contribution is -2.26. The summed E-state index contributed by atoms with van der Waals surface area (Å²) in [5, 5.41) is 2.99. The van der Waals surface area contributed by atoms with E-state index in [4.69, 9.17) is 9.47 Å². The molecule has 0 heterocycles. The molecule has 122 valence electrons. The molecule has 0 unspecified atom stereocenters. The van der Waals surface area contributed by atoms with Crippen LogP contribution in [0.25, 0.3) is 0 Å². The van der Waals surface area contributed by atoms with Crippen molar-refractivity contribution < 1.29 is 14.3 Å². The third-order valence-electron chi connectivity index (χ3n) is 3.60. The molecule has 0 radical (unpaired) electrons. The van der Waals surface area contributed by atoms with Gasteiger partial charge in [-0.15, -0.1) is 11.8 Å². The maximum absolute atomic E-state index is 12.4. The van der Waals surface area contributed by atoms with E-state index in [0.717, 1.165) is 22.0 Å². The van der Waals surface area contributed by atoms with Crippen LogP contribution in [0, 0.1) is 0 Å². The number of thioether (sulfide) groups is 1. The zero-order chi connectivity index (χ0) is 16.8. The average molecular weight is 331 g/mol. The molecular weight excluding hydrogens is 310 g/mol. The van der Waals surface area contributed by atoms with Crippen LogP contribution in [0.5, 0.6) is 11.5 Å². The van der Waals surface area contributed by atoms with E-state index in [2.05, 4.69) is 5.32 Å². The monoisotopic (exact) mass is 331 g/mol. The first-order valence-electron chi connectivity index (χ1n) is 7.26. The second-order valence-corrected chi connectivity index (χ2v) is 5.91. The molecule has 4 nitrogen and oxygen atoms in total. The molecule has 0 spiro atoms. The van der Waals surface area contributed by atoms with Crippen LogP contribution in [-0.4, -0.2) is 26.4 Å². The molecule has 0 aromatic heterocycles. The van der Waals surface area contributed by atoms with Gasteiger partial charge < -0.3 is 14.8 Å². The number of rotatable bonds is 6. The number of hydrogen-bond donors (Lipinski definition) is 1. The highest BCUT2D eigenvalue weighted by Crippen LogP contribution is 2.29. The maximum Gasteiger partial charge on any atom is 0.251 e. The van der Waals surface area contributed by atoms with Gasteiger partial charge in [-0.2, -0.15) is 0 Å². The summed E-state index contributed by atoms with van der Waals surface area (Å²) >= 11 is 1.65. The summed E-state index contributed by atoms with van der Waals surface area (Å²) < 4.78 is 10.6. The first kappa shape index (κ1) is 17.2. The van der Waals surface area contributed by atoms with Crippen LogP contribution in [0.15, 0.2) is 47.4 Å². The minimum absolute atomic E-state index is 0.116. The van der Waals surface area contributed by atoms with Crippen molar-refractivity contribution in [2.24, 2.45) is 0 Å². The molecule has 0 saturated heterocycles. The molecule has 0 bridgehead atoms. The van der Waals surface area contributed by atoms with Gasteiger partial charge in [0, 0.05) is 16.0 Å². The van der Waals surface area contributed by atoms with Crippen molar-refractivity contribution in [2.45, 2.75) is 17.9 Å². The number of carbonyl (C=O) groups excluding carboxylic acids is 1. The molecular formula is C18H21NO3S. The molecule has 1 amide bonds. The molecule has 23 heavy (non-hydrogen) atoms. The highest BCUT2D eigenvalue weighted by Gasteiger charge is 2.16.